The van der Waals surface area contributed by atoms with Crippen LogP contribution in [0.2, 0.25) is 0 Å². The second-order valence-electron chi connectivity index (χ2n) is 7.17. The van der Waals surface area contributed by atoms with Gasteiger partial charge in [-0.3, -0.25) is 4.79 Å². The largest absolute Gasteiger partial charge is 0.294 e. The quantitative estimate of drug-likeness (QED) is 0.780. The molecule has 2 rings (SSSR count). The molecule has 0 aliphatic heterocycles. The third-order valence-electron chi connectivity index (χ3n) is 3.80. The Hall–Kier alpha value is -2.06. The fourth-order valence-corrected chi connectivity index (χ4v) is 3.24. The smallest absolute Gasteiger partial charge is 0.168 e. The van der Waals surface area contributed by atoms with Gasteiger partial charge >= 0.3 is 0 Å². The van der Waals surface area contributed by atoms with Gasteiger partial charge in [0.2, 0.25) is 0 Å². The SMILES string of the molecule is CC(CC(=O)c1cncnc1)(NS(=O)C(C)(C)C)c1ccc(F)cc1F. The van der Waals surface area contributed by atoms with E-state index in [1.54, 1.807) is 27.7 Å². The van der Waals surface area contributed by atoms with Crippen molar-refractivity contribution in [2.45, 2.75) is 44.4 Å². The first-order valence-corrected chi connectivity index (χ1v) is 9.11. The summed E-state index contributed by atoms with van der Waals surface area (Å²) in [6, 6.07) is 3.10. The molecule has 140 valence electrons. The van der Waals surface area contributed by atoms with Crippen molar-refractivity contribution < 1.29 is 17.8 Å². The molecule has 5 nitrogen and oxygen atoms in total. The van der Waals surface area contributed by atoms with Crippen molar-refractivity contribution in [3.8, 4) is 0 Å². The van der Waals surface area contributed by atoms with Gasteiger partial charge in [-0.25, -0.2) is 27.7 Å². The van der Waals surface area contributed by atoms with Crippen molar-refractivity contribution >= 4 is 16.8 Å². The Labute approximate surface area is 153 Å². The van der Waals surface area contributed by atoms with Crippen molar-refractivity contribution in [1.82, 2.24) is 14.7 Å². The van der Waals surface area contributed by atoms with Crippen LogP contribution in [-0.4, -0.2) is 24.7 Å². The molecule has 1 aromatic carbocycles. The van der Waals surface area contributed by atoms with E-state index in [1.807, 2.05) is 0 Å². The summed E-state index contributed by atoms with van der Waals surface area (Å²) >= 11 is 0. The van der Waals surface area contributed by atoms with E-state index in [0.29, 0.717) is 0 Å². The lowest BCUT2D eigenvalue weighted by atomic mass is 9.86. The van der Waals surface area contributed by atoms with Gasteiger partial charge < -0.3 is 0 Å². The van der Waals surface area contributed by atoms with Crippen LogP contribution in [0.15, 0.2) is 36.9 Å². The molecule has 1 aromatic heterocycles. The lowest BCUT2D eigenvalue weighted by Crippen LogP contribution is -2.47. The predicted octanol–water partition coefficient (Wildman–Crippen LogP) is 3.29. The zero-order chi connectivity index (χ0) is 19.5. The van der Waals surface area contributed by atoms with Crippen LogP contribution < -0.4 is 4.72 Å². The number of hydrogen-bond donors (Lipinski definition) is 1. The third-order valence-corrected chi connectivity index (χ3v) is 5.54. The van der Waals surface area contributed by atoms with Gasteiger partial charge in [-0.1, -0.05) is 6.07 Å². The molecule has 0 saturated carbocycles. The summed E-state index contributed by atoms with van der Waals surface area (Å²) in [5, 5.41) is 0. The van der Waals surface area contributed by atoms with Gasteiger partial charge in [-0.2, -0.15) is 0 Å². The summed E-state index contributed by atoms with van der Waals surface area (Å²) in [6.07, 6.45) is 3.81. The van der Waals surface area contributed by atoms with Crippen LogP contribution in [0.1, 0.15) is 50.0 Å². The first-order chi connectivity index (χ1) is 12.0. The van der Waals surface area contributed by atoms with Crippen molar-refractivity contribution in [3.05, 3.63) is 59.7 Å². The van der Waals surface area contributed by atoms with E-state index >= 15 is 0 Å². The minimum Gasteiger partial charge on any atom is -0.294 e. The highest BCUT2D eigenvalue weighted by molar-refractivity contribution is 7.84. The van der Waals surface area contributed by atoms with Crippen LogP contribution in [0.3, 0.4) is 0 Å². The summed E-state index contributed by atoms with van der Waals surface area (Å²) in [6.45, 7) is 6.83. The number of carbonyl (C=O) groups is 1. The molecule has 8 heteroatoms. The molecule has 1 N–H and O–H groups in total. The van der Waals surface area contributed by atoms with Crippen LogP contribution >= 0.6 is 0 Å². The average Bonchev–Trinajstić information content (AvgIpc) is 2.54. The number of halogens is 2. The van der Waals surface area contributed by atoms with E-state index in [9.17, 15) is 17.8 Å². The molecule has 0 aliphatic carbocycles. The molecule has 0 radical (unpaired) electrons. The van der Waals surface area contributed by atoms with E-state index < -0.39 is 32.9 Å². The number of rotatable bonds is 6. The summed E-state index contributed by atoms with van der Waals surface area (Å²) in [5.74, 6) is -1.90. The Morgan fingerprint density at radius 2 is 1.77 bits per heavy atom. The van der Waals surface area contributed by atoms with E-state index in [1.165, 1.54) is 24.8 Å². The van der Waals surface area contributed by atoms with Crippen LogP contribution in [0, 0.1) is 11.6 Å². The zero-order valence-corrected chi connectivity index (χ0v) is 15.9. The molecule has 2 unspecified atom stereocenters. The van der Waals surface area contributed by atoms with Gasteiger partial charge in [0, 0.05) is 30.4 Å². The number of ketones is 1. The molecule has 2 aromatic rings. The minimum absolute atomic E-state index is 0.0571. The third kappa shape index (κ3) is 4.76. The number of benzene rings is 1. The summed E-state index contributed by atoms with van der Waals surface area (Å²) < 4.78 is 42.6. The highest BCUT2D eigenvalue weighted by Gasteiger charge is 2.36. The number of hydrogen-bond acceptors (Lipinski definition) is 4. The zero-order valence-electron chi connectivity index (χ0n) is 15.0. The van der Waals surface area contributed by atoms with E-state index in [4.69, 9.17) is 0 Å². The van der Waals surface area contributed by atoms with Gasteiger partial charge in [0.15, 0.2) is 5.78 Å². The Morgan fingerprint density at radius 3 is 2.31 bits per heavy atom. The monoisotopic (exact) mass is 381 g/mol. The normalized spacial score (nSPS) is 15.3. The lowest BCUT2D eigenvalue weighted by molar-refractivity contribution is 0.0948. The summed E-state index contributed by atoms with van der Waals surface area (Å²) in [7, 11) is -1.59. The number of Topliss-reactive ketones (excluding diaryl/α,β-unsaturated/α-hetero) is 1. The van der Waals surface area contributed by atoms with Gasteiger partial charge in [0.1, 0.15) is 18.0 Å². The molecule has 0 amide bonds. The maximum Gasteiger partial charge on any atom is 0.168 e. The maximum atomic E-state index is 14.4. The number of nitrogens with one attached hydrogen (secondary N) is 1. The molecule has 0 saturated heterocycles. The lowest BCUT2D eigenvalue weighted by Gasteiger charge is -2.33. The Bertz CT molecular complexity index is 825. The van der Waals surface area contributed by atoms with Crippen LogP contribution in [-0.2, 0) is 16.5 Å². The molecular formula is C18H21F2N3O2S. The maximum absolute atomic E-state index is 14.4. The molecule has 0 spiro atoms. The van der Waals surface area contributed by atoms with Gasteiger partial charge in [0.25, 0.3) is 0 Å². The molecule has 26 heavy (non-hydrogen) atoms. The molecule has 0 fully saturated rings. The molecule has 0 bridgehead atoms. The van der Waals surface area contributed by atoms with Crippen molar-refractivity contribution in [2.75, 3.05) is 0 Å². The van der Waals surface area contributed by atoms with Gasteiger partial charge in [-0.05, 0) is 33.8 Å². The second kappa shape index (κ2) is 7.67. The summed E-state index contributed by atoms with van der Waals surface area (Å²) in [4.78, 5) is 20.2. The van der Waals surface area contributed by atoms with Crippen molar-refractivity contribution in [1.29, 1.82) is 0 Å². The summed E-state index contributed by atoms with van der Waals surface area (Å²) in [5.41, 5.74) is -1.01. The average molecular weight is 381 g/mol. The fraction of sp³-hybridized carbons (Fsp3) is 0.389. The highest BCUT2D eigenvalue weighted by Crippen LogP contribution is 2.31. The minimum atomic E-state index is -1.59. The number of carbonyl (C=O) groups excluding carboxylic acids is 1. The fourth-order valence-electron chi connectivity index (χ4n) is 2.35. The molecule has 2 atom stereocenters. The predicted molar refractivity (Wildman–Crippen MR) is 95.7 cm³/mol. The van der Waals surface area contributed by atoms with E-state index in [2.05, 4.69) is 14.7 Å². The highest BCUT2D eigenvalue weighted by atomic mass is 32.2. The van der Waals surface area contributed by atoms with Gasteiger partial charge in [0.05, 0.1) is 26.8 Å². The Morgan fingerprint density at radius 1 is 1.15 bits per heavy atom. The van der Waals surface area contributed by atoms with E-state index in [-0.39, 0.29) is 23.3 Å². The number of aromatic nitrogens is 2. The number of nitrogens with zero attached hydrogens (tertiary/aromatic N) is 2. The molecular weight excluding hydrogens is 360 g/mol. The van der Waals surface area contributed by atoms with Crippen molar-refractivity contribution in [2.24, 2.45) is 0 Å². The van der Waals surface area contributed by atoms with Crippen LogP contribution in [0.25, 0.3) is 0 Å². The Balaban J connectivity index is 2.44. The first kappa shape index (κ1) is 20.3. The standard InChI is InChI=1S/C18H21F2N3O2S/c1-17(2,3)26(25)23-18(4,14-6-5-13(19)7-15(14)20)8-16(24)12-9-21-11-22-10-12/h5-7,9-11,23H,8H2,1-4H3. The molecule has 1 heterocycles. The first-order valence-electron chi connectivity index (χ1n) is 7.96. The molecule has 0 aliphatic rings. The van der Waals surface area contributed by atoms with Crippen molar-refractivity contribution in [3.63, 3.8) is 0 Å². The van der Waals surface area contributed by atoms with Crippen LogP contribution in [0.5, 0.6) is 0 Å². The van der Waals surface area contributed by atoms with E-state index in [0.717, 1.165) is 12.1 Å². The second-order valence-corrected chi connectivity index (χ2v) is 9.13. The Kier molecular flexibility index (Phi) is 5.98. The van der Waals surface area contributed by atoms with Crippen LogP contribution in [0.4, 0.5) is 8.78 Å². The topological polar surface area (TPSA) is 72.0 Å². The van der Waals surface area contributed by atoms with Gasteiger partial charge in [-0.15, -0.1) is 0 Å².